The van der Waals surface area contributed by atoms with Crippen LogP contribution in [0.1, 0.15) is 59.8 Å². The monoisotopic (exact) mass is 443 g/mol. The second-order valence-electron chi connectivity index (χ2n) is 8.99. The molecule has 3 heterocycles. The zero-order valence-corrected chi connectivity index (χ0v) is 19.0. The van der Waals surface area contributed by atoms with Gasteiger partial charge >= 0.3 is 0 Å². The number of hydrogen-bond acceptors (Lipinski definition) is 7. The summed E-state index contributed by atoms with van der Waals surface area (Å²) in [5.41, 5.74) is 5.89. The molecular weight excluding hydrogens is 414 g/mol. The van der Waals surface area contributed by atoms with E-state index < -0.39 is 0 Å². The summed E-state index contributed by atoms with van der Waals surface area (Å²) in [5.74, 6) is 1.21. The summed E-state index contributed by atoms with van der Waals surface area (Å²) < 4.78 is 0. The molecule has 5 rings (SSSR count). The Morgan fingerprint density at radius 2 is 1.91 bits per heavy atom. The van der Waals surface area contributed by atoms with Crippen molar-refractivity contribution in [3.05, 3.63) is 65.1 Å². The first-order valence-corrected chi connectivity index (χ1v) is 11.6. The Balaban J connectivity index is 1.43. The van der Waals surface area contributed by atoms with Crippen LogP contribution in [0.2, 0.25) is 0 Å². The number of rotatable bonds is 7. The number of carbonyl (C=O) groups excluding carboxylic acids is 1. The van der Waals surface area contributed by atoms with Crippen molar-refractivity contribution in [3.63, 3.8) is 0 Å². The molecule has 2 aliphatic rings. The minimum Gasteiger partial charge on any atom is -0.350 e. The molecule has 2 aromatic heterocycles. The van der Waals surface area contributed by atoms with Crippen molar-refractivity contribution in [3.8, 4) is 0 Å². The number of anilines is 4. The lowest BCUT2D eigenvalue weighted by Crippen LogP contribution is -2.31. The quantitative estimate of drug-likeness (QED) is 0.437. The van der Waals surface area contributed by atoms with Crippen molar-refractivity contribution < 1.29 is 4.79 Å². The van der Waals surface area contributed by atoms with Crippen molar-refractivity contribution >= 4 is 29.0 Å². The van der Waals surface area contributed by atoms with Gasteiger partial charge in [0.25, 0.3) is 5.91 Å². The minimum atomic E-state index is -0.213. The second-order valence-corrected chi connectivity index (χ2v) is 8.99. The lowest BCUT2D eigenvalue weighted by molar-refractivity contribution is 0.0943. The molecule has 3 aromatic rings. The highest BCUT2D eigenvalue weighted by molar-refractivity contribution is 5.99. The third-order valence-corrected chi connectivity index (χ3v) is 5.84. The smallest absolute Gasteiger partial charge is 0.256 e. The molecule has 0 saturated heterocycles. The summed E-state index contributed by atoms with van der Waals surface area (Å²) in [5, 5.41) is 12.9. The van der Waals surface area contributed by atoms with Crippen LogP contribution in [-0.4, -0.2) is 33.4 Å². The van der Waals surface area contributed by atoms with Crippen LogP contribution in [0, 0.1) is 0 Å². The molecule has 0 spiro atoms. The zero-order valence-electron chi connectivity index (χ0n) is 19.0. The fraction of sp³-hybridized carbons (Fsp3) is 0.360. The van der Waals surface area contributed by atoms with Crippen LogP contribution in [-0.2, 0) is 13.0 Å². The van der Waals surface area contributed by atoms with Crippen LogP contribution in [0.5, 0.6) is 0 Å². The molecule has 1 saturated carbocycles. The third-order valence-electron chi connectivity index (χ3n) is 5.84. The zero-order chi connectivity index (χ0) is 22.8. The van der Waals surface area contributed by atoms with Gasteiger partial charge in [0.05, 0.1) is 0 Å². The highest BCUT2D eigenvalue weighted by Crippen LogP contribution is 2.39. The Bertz CT molecular complexity index is 1170. The Kier molecular flexibility index (Phi) is 5.92. The third kappa shape index (κ3) is 5.12. The van der Waals surface area contributed by atoms with E-state index in [2.05, 4.69) is 48.4 Å². The van der Waals surface area contributed by atoms with E-state index in [4.69, 9.17) is 0 Å². The van der Waals surface area contributed by atoms with Gasteiger partial charge in [-0.3, -0.25) is 9.78 Å². The van der Waals surface area contributed by atoms with E-state index in [1.165, 1.54) is 24.0 Å². The number of fused-ring (bicyclic) bond motifs is 1. The average molecular weight is 444 g/mol. The van der Waals surface area contributed by atoms with E-state index in [1.54, 1.807) is 12.4 Å². The van der Waals surface area contributed by atoms with E-state index in [0.717, 1.165) is 36.6 Å². The van der Waals surface area contributed by atoms with Gasteiger partial charge in [-0.05, 0) is 75.0 Å². The molecular formula is C25H29N7O. The van der Waals surface area contributed by atoms with E-state index >= 15 is 0 Å². The summed E-state index contributed by atoms with van der Waals surface area (Å²) in [6, 6.07) is 10.3. The molecule has 1 aliphatic carbocycles. The number of amides is 1. The van der Waals surface area contributed by atoms with E-state index in [9.17, 15) is 4.79 Å². The van der Waals surface area contributed by atoms with Crippen molar-refractivity contribution in [1.29, 1.82) is 0 Å². The lowest BCUT2D eigenvalue weighted by atomic mass is 10.0. The molecule has 8 heteroatoms. The predicted octanol–water partition coefficient (Wildman–Crippen LogP) is 4.02. The predicted molar refractivity (Wildman–Crippen MR) is 129 cm³/mol. The standard InChI is InChI=1S/C25H29N7O/c1-15(2)29-24(33)21-14-28-25(31-19-6-5-16-7-9-26-13-18(16)11-19)32-23(21)30-20-8-10-27-22(12-20)17-3-4-17/h5-6,8,10-12,14-15,17,26H,3-4,7,9,13H2,1-2H3,(H,29,33)(H2,27,28,30,31,32). The molecule has 33 heavy (non-hydrogen) atoms. The van der Waals surface area contributed by atoms with E-state index in [1.807, 2.05) is 32.0 Å². The van der Waals surface area contributed by atoms with Gasteiger partial charge in [0.2, 0.25) is 5.95 Å². The average Bonchev–Trinajstić information content (AvgIpc) is 3.64. The topological polar surface area (TPSA) is 104 Å². The van der Waals surface area contributed by atoms with Gasteiger partial charge in [-0.25, -0.2) is 4.98 Å². The summed E-state index contributed by atoms with van der Waals surface area (Å²) in [6.45, 7) is 5.72. The van der Waals surface area contributed by atoms with E-state index in [0.29, 0.717) is 23.2 Å². The molecule has 0 atom stereocenters. The Morgan fingerprint density at radius 1 is 1.06 bits per heavy atom. The fourth-order valence-electron chi connectivity index (χ4n) is 4.00. The number of aromatic nitrogens is 3. The number of hydrogen-bond donors (Lipinski definition) is 4. The molecule has 1 aromatic carbocycles. The molecule has 0 bridgehead atoms. The highest BCUT2D eigenvalue weighted by atomic mass is 16.1. The van der Waals surface area contributed by atoms with Crippen LogP contribution in [0.3, 0.4) is 0 Å². The van der Waals surface area contributed by atoms with Crippen LogP contribution in [0.25, 0.3) is 0 Å². The van der Waals surface area contributed by atoms with Crippen LogP contribution < -0.4 is 21.3 Å². The molecule has 4 N–H and O–H groups in total. The highest BCUT2D eigenvalue weighted by Gasteiger charge is 2.25. The maximum atomic E-state index is 12.8. The Morgan fingerprint density at radius 3 is 2.73 bits per heavy atom. The van der Waals surface area contributed by atoms with Gasteiger partial charge < -0.3 is 21.3 Å². The first-order chi connectivity index (χ1) is 16.0. The van der Waals surface area contributed by atoms with E-state index in [-0.39, 0.29) is 11.9 Å². The number of pyridine rings is 1. The molecule has 0 radical (unpaired) electrons. The Labute approximate surface area is 193 Å². The number of carbonyl (C=O) groups is 1. The van der Waals surface area contributed by atoms with Gasteiger partial charge in [0, 0.05) is 48.0 Å². The van der Waals surface area contributed by atoms with Gasteiger partial charge in [-0.1, -0.05) is 6.07 Å². The number of benzene rings is 1. The molecule has 8 nitrogen and oxygen atoms in total. The van der Waals surface area contributed by atoms with Crippen LogP contribution in [0.4, 0.5) is 23.1 Å². The van der Waals surface area contributed by atoms with Crippen molar-refractivity contribution in [2.75, 3.05) is 17.2 Å². The summed E-state index contributed by atoms with van der Waals surface area (Å²) in [6.07, 6.45) is 6.76. The molecule has 1 amide bonds. The lowest BCUT2D eigenvalue weighted by Gasteiger charge is -2.18. The van der Waals surface area contributed by atoms with Crippen molar-refractivity contribution in [2.24, 2.45) is 0 Å². The SMILES string of the molecule is CC(C)NC(=O)c1cnc(Nc2ccc3c(c2)CNCC3)nc1Nc1ccnc(C2CC2)c1. The normalized spacial score (nSPS) is 15.1. The molecule has 0 unspecified atom stereocenters. The minimum absolute atomic E-state index is 0.00894. The number of nitrogens with one attached hydrogen (secondary N) is 4. The largest absolute Gasteiger partial charge is 0.350 e. The van der Waals surface area contributed by atoms with Crippen molar-refractivity contribution in [2.45, 2.75) is 51.6 Å². The van der Waals surface area contributed by atoms with Gasteiger partial charge in [-0.2, -0.15) is 4.98 Å². The van der Waals surface area contributed by atoms with Gasteiger partial charge in [-0.15, -0.1) is 0 Å². The maximum absolute atomic E-state index is 12.8. The summed E-state index contributed by atoms with van der Waals surface area (Å²) in [4.78, 5) is 26.4. The first-order valence-electron chi connectivity index (χ1n) is 11.6. The molecule has 1 aliphatic heterocycles. The van der Waals surface area contributed by atoms with Crippen LogP contribution >= 0.6 is 0 Å². The summed E-state index contributed by atoms with van der Waals surface area (Å²) in [7, 11) is 0. The molecule has 170 valence electrons. The second kappa shape index (κ2) is 9.15. The maximum Gasteiger partial charge on any atom is 0.256 e. The summed E-state index contributed by atoms with van der Waals surface area (Å²) >= 11 is 0. The first kappa shape index (κ1) is 21.3. The van der Waals surface area contributed by atoms with Gasteiger partial charge in [0.1, 0.15) is 11.4 Å². The molecule has 1 fully saturated rings. The van der Waals surface area contributed by atoms with Crippen molar-refractivity contribution in [1.82, 2.24) is 25.6 Å². The number of nitrogens with zero attached hydrogens (tertiary/aromatic N) is 3. The Hall–Kier alpha value is -3.52. The van der Waals surface area contributed by atoms with Gasteiger partial charge in [0.15, 0.2) is 0 Å². The fourth-order valence-corrected chi connectivity index (χ4v) is 4.00. The van der Waals surface area contributed by atoms with Crippen LogP contribution in [0.15, 0.2) is 42.7 Å².